The zero-order valence-electron chi connectivity index (χ0n) is 10.3. The van der Waals surface area contributed by atoms with E-state index < -0.39 is 11.7 Å². The molecule has 2 heterocycles. The van der Waals surface area contributed by atoms with Crippen LogP contribution in [0.2, 0.25) is 0 Å². The molecule has 0 spiro atoms. The molecule has 0 radical (unpaired) electrons. The van der Waals surface area contributed by atoms with Gasteiger partial charge in [-0.15, -0.1) is 0 Å². The Labute approximate surface area is 108 Å². The van der Waals surface area contributed by atoms with Crippen molar-refractivity contribution in [3.05, 3.63) is 41.9 Å². The molecule has 0 bridgehead atoms. The van der Waals surface area contributed by atoms with E-state index in [1.54, 1.807) is 18.3 Å². The first kappa shape index (κ1) is 13.5. The second-order valence-corrected chi connectivity index (χ2v) is 3.97. The molecular formula is C12H13F3N4. The van der Waals surface area contributed by atoms with Crippen LogP contribution in [-0.2, 0) is 12.7 Å². The van der Waals surface area contributed by atoms with Gasteiger partial charge in [0, 0.05) is 18.9 Å². The summed E-state index contributed by atoms with van der Waals surface area (Å²) < 4.78 is 38.6. The van der Waals surface area contributed by atoms with Crippen LogP contribution in [0.3, 0.4) is 0 Å². The molecule has 0 unspecified atom stereocenters. The second-order valence-electron chi connectivity index (χ2n) is 3.97. The number of halogens is 3. The maximum absolute atomic E-state index is 12.5. The molecule has 2 rings (SSSR count). The highest BCUT2D eigenvalue weighted by molar-refractivity contribution is 5.28. The fourth-order valence-electron chi connectivity index (χ4n) is 1.56. The van der Waals surface area contributed by atoms with Gasteiger partial charge in [0.25, 0.3) is 0 Å². The Morgan fingerprint density at radius 3 is 2.79 bits per heavy atom. The summed E-state index contributed by atoms with van der Waals surface area (Å²) >= 11 is 0. The van der Waals surface area contributed by atoms with Crippen LogP contribution in [-0.4, -0.2) is 21.3 Å². The smallest absolute Gasteiger partial charge is 0.313 e. The molecule has 0 saturated heterocycles. The van der Waals surface area contributed by atoms with Crippen molar-refractivity contribution in [3.63, 3.8) is 0 Å². The highest BCUT2D eigenvalue weighted by Crippen LogP contribution is 2.28. The molecule has 0 saturated carbocycles. The fourth-order valence-corrected chi connectivity index (χ4v) is 1.56. The minimum Gasteiger partial charge on any atom is -0.313 e. The zero-order chi connectivity index (χ0) is 13.9. The van der Waals surface area contributed by atoms with E-state index in [1.165, 1.54) is 0 Å². The summed E-state index contributed by atoms with van der Waals surface area (Å²) in [5.74, 6) is 0.367. The summed E-state index contributed by atoms with van der Waals surface area (Å²) in [6.45, 7) is 3.43. The molecule has 4 nitrogen and oxygen atoms in total. The molecule has 0 fully saturated rings. The molecule has 7 heteroatoms. The van der Waals surface area contributed by atoms with Crippen molar-refractivity contribution in [2.45, 2.75) is 19.6 Å². The summed E-state index contributed by atoms with van der Waals surface area (Å²) in [5.41, 5.74) is 0.155. The van der Waals surface area contributed by atoms with E-state index in [0.717, 1.165) is 29.2 Å². The first-order valence-corrected chi connectivity index (χ1v) is 5.78. The van der Waals surface area contributed by atoms with Gasteiger partial charge in [-0.1, -0.05) is 6.92 Å². The Balaban J connectivity index is 2.24. The summed E-state index contributed by atoms with van der Waals surface area (Å²) in [6, 6.07) is 3.51. The maximum atomic E-state index is 12.5. The van der Waals surface area contributed by atoms with Crippen molar-refractivity contribution in [2.75, 3.05) is 6.54 Å². The third kappa shape index (κ3) is 3.31. The van der Waals surface area contributed by atoms with E-state index in [2.05, 4.69) is 15.4 Å². The number of alkyl halides is 3. The molecule has 0 aliphatic heterocycles. The lowest BCUT2D eigenvalue weighted by molar-refractivity contribution is -0.137. The van der Waals surface area contributed by atoms with Crippen molar-refractivity contribution in [3.8, 4) is 5.82 Å². The predicted octanol–water partition coefficient (Wildman–Crippen LogP) is 2.40. The molecule has 0 aliphatic rings. The van der Waals surface area contributed by atoms with Gasteiger partial charge in [-0.2, -0.15) is 18.3 Å². The van der Waals surface area contributed by atoms with Crippen LogP contribution in [0.25, 0.3) is 5.82 Å². The molecule has 2 aromatic heterocycles. The van der Waals surface area contributed by atoms with Crippen molar-refractivity contribution < 1.29 is 13.2 Å². The second kappa shape index (κ2) is 5.40. The van der Waals surface area contributed by atoms with Crippen LogP contribution < -0.4 is 5.32 Å². The molecule has 0 aromatic carbocycles. The van der Waals surface area contributed by atoms with Crippen molar-refractivity contribution in [1.29, 1.82) is 0 Å². The van der Waals surface area contributed by atoms with Gasteiger partial charge in [0.2, 0.25) is 0 Å². The molecule has 0 aliphatic carbocycles. The lowest BCUT2D eigenvalue weighted by Crippen LogP contribution is -2.12. The zero-order valence-corrected chi connectivity index (χ0v) is 10.3. The Bertz CT molecular complexity index is 548. The Morgan fingerprint density at radius 1 is 1.37 bits per heavy atom. The van der Waals surface area contributed by atoms with Gasteiger partial charge in [-0.3, -0.25) is 0 Å². The van der Waals surface area contributed by atoms with E-state index in [0.29, 0.717) is 12.4 Å². The normalized spacial score (nSPS) is 11.8. The van der Waals surface area contributed by atoms with E-state index >= 15 is 0 Å². The molecule has 0 amide bonds. The van der Waals surface area contributed by atoms with Crippen LogP contribution in [0.4, 0.5) is 13.2 Å². The fraction of sp³-hybridized carbons (Fsp3) is 0.333. The van der Waals surface area contributed by atoms with E-state index in [1.807, 2.05) is 6.92 Å². The maximum Gasteiger partial charge on any atom is 0.419 e. The van der Waals surface area contributed by atoms with Gasteiger partial charge < -0.3 is 5.32 Å². The van der Waals surface area contributed by atoms with Crippen LogP contribution >= 0.6 is 0 Å². The lowest BCUT2D eigenvalue weighted by atomic mass is 10.2. The highest BCUT2D eigenvalue weighted by Gasteiger charge is 2.32. The molecule has 0 atom stereocenters. The topological polar surface area (TPSA) is 42.7 Å². The van der Waals surface area contributed by atoms with Gasteiger partial charge in [0.05, 0.1) is 11.8 Å². The molecule has 1 N–H and O–H groups in total. The number of aromatic nitrogens is 3. The van der Waals surface area contributed by atoms with Crippen molar-refractivity contribution in [1.82, 2.24) is 20.1 Å². The SMILES string of the molecule is CCNCc1ccnc(-n2cc(C(F)(F)F)cn2)c1. The van der Waals surface area contributed by atoms with Gasteiger partial charge in [-0.25, -0.2) is 9.67 Å². The largest absolute Gasteiger partial charge is 0.419 e. The summed E-state index contributed by atoms with van der Waals surface area (Å²) in [6.07, 6.45) is -1.12. The average Bonchev–Trinajstić information content (AvgIpc) is 2.86. The van der Waals surface area contributed by atoms with E-state index in [9.17, 15) is 13.2 Å². The standard InChI is InChI=1S/C12H13F3N4/c1-2-16-6-9-3-4-17-11(5-9)19-8-10(7-18-19)12(13,14)15/h3-5,7-8,16H,2,6H2,1H3. The average molecular weight is 270 g/mol. The first-order valence-electron chi connectivity index (χ1n) is 5.78. The predicted molar refractivity (Wildman–Crippen MR) is 63.7 cm³/mol. The van der Waals surface area contributed by atoms with Gasteiger partial charge in [-0.05, 0) is 24.2 Å². The third-order valence-electron chi connectivity index (χ3n) is 2.53. The van der Waals surface area contributed by atoms with Crippen molar-refractivity contribution in [2.24, 2.45) is 0 Å². The van der Waals surface area contributed by atoms with E-state index in [-0.39, 0.29) is 0 Å². The number of rotatable bonds is 4. The van der Waals surface area contributed by atoms with Gasteiger partial charge in [0.15, 0.2) is 5.82 Å². The quantitative estimate of drug-likeness (QED) is 0.927. The lowest BCUT2D eigenvalue weighted by Gasteiger charge is -2.05. The number of nitrogens with one attached hydrogen (secondary N) is 1. The summed E-state index contributed by atoms with van der Waals surface area (Å²) in [7, 11) is 0. The number of nitrogens with zero attached hydrogens (tertiary/aromatic N) is 3. The summed E-state index contributed by atoms with van der Waals surface area (Å²) in [4.78, 5) is 4.02. The van der Waals surface area contributed by atoms with Crippen molar-refractivity contribution >= 4 is 0 Å². The minimum atomic E-state index is -4.39. The number of pyridine rings is 1. The molecule has 102 valence electrons. The summed E-state index contributed by atoms with van der Waals surface area (Å²) in [5, 5.41) is 6.82. The molecule has 2 aromatic rings. The number of hydrogen-bond acceptors (Lipinski definition) is 3. The van der Waals surface area contributed by atoms with Crippen LogP contribution in [0.15, 0.2) is 30.7 Å². The van der Waals surface area contributed by atoms with Crippen LogP contribution in [0.1, 0.15) is 18.1 Å². The molecule has 19 heavy (non-hydrogen) atoms. The molecular weight excluding hydrogens is 257 g/mol. The monoisotopic (exact) mass is 270 g/mol. The van der Waals surface area contributed by atoms with Gasteiger partial charge in [0.1, 0.15) is 0 Å². The Morgan fingerprint density at radius 2 is 2.16 bits per heavy atom. The number of hydrogen-bond donors (Lipinski definition) is 1. The highest BCUT2D eigenvalue weighted by atomic mass is 19.4. The minimum absolute atomic E-state index is 0.367. The Hall–Kier alpha value is -1.89. The Kier molecular flexibility index (Phi) is 3.84. The van der Waals surface area contributed by atoms with Gasteiger partial charge >= 0.3 is 6.18 Å². The van der Waals surface area contributed by atoms with Crippen LogP contribution in [0, 0.1) is 0 Å². The van der Waals surface area contributed by atoms with E-state index in [4.69, 9.17) is 0 Å². The first-order chi connectivity index (χ1) is 9.00. The third-order valence-corrected chi connectivity index (χ3v) is 2.53. The van der Waals surface area contributed by atoms with Crippen LogP contribution in [0.5, 0.6) is 0 Å².